The van der Waals surface area contributed by atoms with Gasteiger partial charge in [-0.3, -0.25) is 10.1 Å². The van der Waals surface area contributed by atoms with Gasteiger partial charge in [0, 0.05) is 6.92 Å². The summed E-state index contributed by atoms with van der Waals surface area (Å²) >= 11 is 0. The van der Waals surface area contributed by atoms with Crippen LogP contribution in [0.25, 0.3) is 0 Å². The van der Waals surface area contributed by atoms with Crippen LogP contribution < -0.4 is 10.6 Å². The molecule has 0 radical (unpaired) electrons. The van der Waals surface area contributed by atoms with Crippen LogP contribution in [0, 0.1) is 13.8 Å². The average molecular weight is 343 g/mol. The van der Waals surface area contributed by atoms with Crippen LogP contribution in [0.4, 0.5) is 11.9 Å². The first-order chi connectivity index (χ1) is 12.0. The number of aryl methyl sites for hydroxylation is 2. The molecule has 7 nitrogen and oxygen atoms in total. The largest absolute Gasteiger partial charge is 0.375 e. The fraction of sp³-hybridized carbons (Fsp3) is 0.444. The van der Waals surface area contributed by atoms with Crippen molar-refractivity contribution in [2.75, 3.05) is 17.2 Å². The summed E-state index contributed by atoms with van der Waals surface area (Å²) in [6, 6.07) is 8.35. The highest BCUT2D eigenvalue weighted by atomic mass is 16.5. The van der Waals surface area contributed by atoms with Crippen LogP contribution in [0.1, 0.15) is 37.2 Å². The molecule has 0 saturated carbocycles. The van der Waals surface area contributed by atoms with Crippen molar-refractivity contribution < 1.29 is 9.53 Å². The first-order valence-electron chi connectivity index (χ1n) is 8.36. The Hall–Kier alpha value is -2.54. The van der Waals surface area contributed by atoms with Gasteiger partial charge in [0.15, 0.2) is 0 Å². The van der Waals surface area contributed by atoms with Gasteiger partial charge in [0.25, 0.3) is 0 Å². The normalized spacial score (nSPS) is 11.8. The first-order valence-corrected chi connectivity index (χ1v) is 8.36. The van der Waals surface area contributed by atoms with E-state index in [1.165, 1.54) is 12.5 Å². The molecule has 134 valence electrons. The molecule has 1 aromatic carbocycles. The summed E-state index contributed by atoms with van der Waals surface area (Å²) in [5, 5.41) is 5.81. The predicted octanol–water partition coefficient (Wildman–Crippen LogP) is 2.85. The van der Waals surface area contributed by atoms with Crippen molar-refractivity contribution in [3.8, 4) is 0 Å². The molecule has 0 aliphatic heterocycles. The Bertz CT molecular complexity index is 703. The van der Waals surface area contributed by atoms with Crippen molar-refractivity contribution in [2.24, 2.45) is 0 Å². The van der Waals surface area contributed by atoms with Crippen molar-refractivity contribution in [1.29, 1.82) is 0 Å². The molecule has 1 amide bonds. The minimum Gasteiger partial charge on any atom is -0.375 e. The zero-order valence-corrected chi connectivity index (χ0v) is 15.2. The number of anilines is 2. The summed E-state index contributed by atoms with van der Waals surface area (Å²) in [5.41, 5.74) is 2.38. The Morgan fingerprint density at radius 2 is 1.80 bits per heavy atom. The van der Waals surface area contributed by atoms with E-state index in [9.17, 15) is 4.79 Å². The summed E-state index contributed by atoms with van der Waals surface area (Å²) < 4.78 is 5.81. The molecule has 2 aromatic rings. The molecular weight excluding hydrogens is 318 g/mol. The monoisotopic (exact) mass is 343 g/mol. The topological polar surface area (TPSA) is 89.0 Å². The smallest absolute Gasteiger partial charge is 0.234 e. The fourth-order valence-corrected chi connectivity index (χ4v) is 2.21. The van der Waals surface area contributed by atoms with E-state index in [1.807, 2.05) is 0 Å². The number of amides is 1. The summed E-state index contributed by atoms with van der Waals surface area (Å²) in [6.07, 6.45) is 0.855. The number of nitrogens with zero attached hydrogens (tertiary/aromatic N) is 3. The van der Waals surface area contributed by atoms with Gasteiger partial charge in [-0.25, -0.2) is 0 Å². The van der Waals surface area contributed by atoms with E-state index in [0.29, 0.717) is 25.0 Å². The Balaban J connectivity index is 1.91. The number of carbonyl (C=O) groups excluding carboxylic acids is 1. The van der Waals surface area contributed by atoms with E-state index < -0.39 is 0 Å². The third kappa shape index (κ3) is 6.46. The van der Waals surface area contributed by atoms with Crippen LogP contribution in [0.2, 0.25) is 0 Å². The number of aromatic nitrogens is 3. The Kier molecular flexibility index (Phi) is 6.82. The third-order valence-electron chi connectivity index (χ3n) is 3.57. The van der Waals surface area contributed by atoms with E-state index >= 15 is 0 Å². The molecule has 1 aromatic heterocycles. The maximum absolute atomic E-state index is 11.2. The summed E-state index contributed by atoms with van der Waals surface area (Å²) in [5.74, 6) is 1.00. The highest BCUT2D eigenvalue weighted by Crippen LogP contribution is 2.10. The van der Waals surface area contributed by atoms with Gasteiger partial charge in [-0.2, -0.15) is 15.0 Å². The second kappa shape index (κ2) is 9.08. The van der Waals surface area contributed by atoms with Crippen molar-refractivity contribution in [2.45, 2.75) is 46.8 Å². The van der Waals surface area contributed by atoms with Gasteiger partial charge in [-0.1, -0.05) is 36.8 Å². The van der Waals surface area contributed by atoms with Gasteiger partial charge in [0.2, 0.25) is 17.8 Å². The van der Waals surface area contributed by atoms with Gasteiger partial charge in [0.05, 0.1) is 19.3 Å². The lowest BCUT2D eigenvalue weighted by molar-refractivity contribution is -0.114. The highest BCUT2D eigenvalue weighted by Gasteiger charge is 2.11. The van der Waals surface area contributed by atoms with Crippen LogP contribution in [0.3, 0.4) is 0 Å². The fourth-order valence-electron chi connectivity index (χ4n) is 2.21. The number of hydrogen-bond acceptors (Lipinski definition) is 6. The van der Waals surface area contributed by atoms with Crippen LogP contribution in [-0.2, 0) is 16.1 Å². The predicted molar refractivity (Wildman–Crippen MR) is 97.4 cm³/mol. The zero-order chi connectivity index (χ0) is 18.2. The second-order valence-corrected chi connectivity index (χ2v) is 5.96. The molecule has 0 bridgehead atoms. The molecule has 1 heterocycles. The van der Waals surface area contributed by atoms with Crippen LogP contribution in [0.5, 0.6) is 0 Å². The molecular formula is C18H25N5O2. The number of hydrogen-bond donors (Lipinski definition) is 2. The van der Waals surface area contributed by atoms with Gasteiger partial charge in [-0.15, -0.1) is 0 Å². The number of nitrogens with one attached hydrogen (secondary N) is 2. The van der Waals surface area contributed by atoms with E-state index in [0.717, 1.165) is 12.0 Å². The van der Waals surface area contributed by atoms with Gasteiger partial charge >= 0.3 is 0 Å². The molecule has 2 rings (SSSR count). The van der Waals surface area contributed by atoms with Crippen molar-refractivity contribution in [1.82, 2.24) is 15.0 Å². The van der Waals surface area contributed by atoms with Crippen LogP contribution in [-0.4, -0.2) is 33.5 Å². The SMILES string of the molecule is CCC(COCc1ccc(C)cc1)Nc1nc(C)nc(NC(C)=O)n1. The maximum Gasteiger partial charge on any atom is 0.234 e. The highest BCUT2D eigenvalue weighted by molar-refractivity contribution is 5.86. The molecule has 0 saturated heterocycles. The molecule has 25 heavy (non-hydrogen) atoms. The van der Waals surface area contributed by atoms with Crippen molar-refractivity contribution in [3.05, 3.63) is 41.2 Å². The molecule has 0 aliphatic rings. The molecule has 2 N–H and O–H groups in total. The number of ether oxygens (including phenoxy) is 1. The van der Waals surface area contributed by atoms with E-state index in [2.05, 4.69) is 63.7 Å². The number of benzene rings is 1. The van der Waals surface area contributed by atoms with Crippen LogP contribution in [0.15, 0.2) is 24.3 Å². The Labute approximate surface area is 148 Å². The van der Waals surface area contributed by atoms with E-state index in [-0.39, 0.29) is 17.9 Å². The molecule has 1 atom stereocenters. The second-order valence-electron chi connectivity index (χ2n) is 5.96. The Morgan fingerprint density at radius 3 is 2.44 bits per heavy atom. The average Bonchev–Trinajstić information content (AvgIpc) is 2.54. The molecule has 0 spiro atoms. The molecule has 1 unspecified atom stereocenters. The van der Waals surface area contributed by atoms with Crippen molar-refractivity contribution >= 4 is 17.8 Å². The number of rotatable bonds is 8. The van der Waals surface area contributed by atoms with Gasteiger partial charge in [-0.05, 0) is 25.8 Å². The molecule has 0 aliphatic carbocycles. The summed E-state index contributed by atoms with van der Waals surface area (Å²) in [4.78, 5) is 23.7. The molecule has 0 fully saturated rings. The lowest BCUT2D eigenvalue weighted by Gasteiger charge is -2.17. The zero-order valence-electron chi connectivity index (χ0n) is 15.2. The minimum atomic E-state index is -0.218. The minimum absolute atomic E-state index is 0.0671. The van der Waals surface area contributed by atoms with E-state index in [4.69, 9.17) is 4.74 Å². The Morgan fingerprint density at radius 1 is 1.12 bits per heavy atom. The molecule has 7 heteroatoms. The third-order valence-corrected chi connectivity index (χ3v) is 3.57. The van der Waals surface area contributed by atoms with Crippen LogP contribution >= 0.6 is 0 Å². The van der Waals surface area contributed by atoms with Gasteiger partial charge in [0.1, 0.15) is 5.82 Å². The summed E-state index contributed by atoms with van der Waals surface area (Å²) in [7, 11) is 0. The maximum atomic E-state index is 11.2. The van der Waals surface area contributed by atoms with E-state index in [1.54, 1.807) is 6.92 Å². The summed E-state index contributed by atoms with van der Waals surface area (Å²) in [6.45, 7) is 8.40. The first kappa shape index (κ1) is 18.8. The lowest BCUT2D eigenvalue weighted by atomic mass is 10.2. The standard InChI is InChI=1S/C18H25N5O2/c1-5-16(11-25-10-15-8-6-12(2)7-9-15)22-18-20-13(3)19-17(23-18)21-14(4)24/h6-9,16H,5,10-11H2,1-4H3,(H2,19,20,21,22,23,24). The lowest BCUT2D eigenvalue weighted by Crippen LogP contribution is -2.26. The quantitative estimate of drug-likeness (QED) is 0.766. The van der Waals surface area contributed by atoms with Crippen molar-refractivity contribution in [3.63, 3.8) is 0 Å². The number of carbonyl (C=O) groups is 1. The van der Waals surface area contributed by atoms with Gasteiger partial charge < -0.3 is 10.1 Å².